The van der Waals surface area contributed by atoms with Crippen LogP contribution >= 0.6 is 0 Å². The number of hydrogen-bond acceptors (Lipinski definition) is 2. The standard InChI is InChI=1S/C12H14FN3/c13-8-4-5-9-11(7-8)16-12(15-9)10-3-1-2-6-14-10/h4-5,7,10,14H,1-3,6H2,(H,15,16)/t10-/m0/s1. The second-order valence-electron chi connectivity index (χ2n) is 4.29. The number of aromatic nitrogens is 2. The molecule has 1 aromatic heterocycles. The summed E-state index contributed by atoms with van der Waals surface area (Å²) < 4.78 is 13.0. The fraction of sp³-hybridized carbons (Fsp3) is 0.417. The van der Waals surface area contributed by atoms with Crippen molar-refractivity contribution in [2.45, 2.75) is 25.3 Å². The van der Waals surface area contributed by atoms with Gasteiger partial charge in [0.15, 0.2) is 0 Å². The molecule has 0 radical (unpaired) electrons. The first-order valence-corrected chi connectivity index (χ1v) is 5.71. The molecule has 0 spiro atoms. The van der Waals surface area contributed by atoms with E-state index in [-0.39, 0.29) is 5.82 Å². The molecule has 1 atom stereocenters. The lowest BCUT2D eigenvalue weighted by Gasteiger charge is -2.21. The molecule has 1 fully saturated rings. The zero-order valence-corrected chi connectivity index (χ0v) is 8.96. The minimum Gasteiger partial charge on any atom is -0.341 e. The van der Waals surface area contributed by atoms with E-state index >= 15 is 0 Å². The molecule has 16 heavy (non-hydrogen) atoms. The number of nitrogens with zero attached hydrogens (tertiary/aromatic N) is 1. The molecule has 1 aliphatic heterocycles. The summed E-state index contributed by atoms with van der Waals surface area (Å²) in [5, 5.41) is 3.42. The van der Waals surface area contributed by atoms with E-state index < -0.39 is 0 Å². The Balaban J connectivity index is 1.97. The van der Waals surface area contributed by atoms with Gasteiger partial charge in [0.1, 0.15) is 11.6 Å². The molecule has 0 unspecified atom stereocenters. The molecular formula is C12H14FN3. The molecule has 1 saturated heterocycles. The Morgan fingerprint density at radius 1 is 1.31 bits per heavy atom. The van der Waals surface area contributed by atoms with Crippen LogP contribution in [0.4, 0.5) is 4.39 Å². The van der Waals surface area contributed by atoms with Gasteiger partial charge in [-0.3, -0.25) is 0 Å². The van der Waals surface area contributed by atoms with Gasteiger partial charge in [0.25, 0.3) is 0 Å². The van der Waals surface area contributed by atoms with Gasteiger partial charge in [0.2, 0.25) is 0 Å². The Bertz CT molecular complexity index is 500. The third-order valence-corrected chi connectivity index (χ3v) is 3.10. The van der Waals surface area contributed by atoms with Gasteiger partial charge in [-0.25, -0.2) is 9.37 Å². The summed E-state index contributed by atoms with van der Waals surface area (Å²) in [6, 6.07) is 4.95. The lowest BCUT2D eigenvalue weighted by molar-refractivity contribution is 0.400. The number of H-pyrrole nitrogens is 1. The molecule has 0 aliphatic carbocycles. The fourth-order valence-electron chi connectivity index (χ4n) is 2.25. The van der Waals surface area contributed by atoms with Gasteiger partial charge in [-0.05, 0) is 37.6 Å². The zero-order chi connectivity index (χ0) is 11.0. The first kappa shape index (κ1) is 9.78. The van der Waals surface area contributed by atoms with Crippen LogP contribution in [0.1, 0.15) is 31.1 Å². The van der Waals surface area contributed by atoms with Gasteiger partial charge < -0.3 is 10.3 Å². The highest BCUT2D eigenvalue weighted by Crippen LogP contribution is 2.23. The van der Waals surface area contributed by atoms with E-state index in [0.29, 0.717) is 6.04 Å². The predicted molar refractivity (Wildman–Crippen MR) is 60.6 cm³/mol. The summed E-state index contributed by atoms with van der Waals surface area (Å²) in [5.74, 6) is 0.708. The molecule has 2 N–H and O–H groups in total. The topological polar surface area (TPSA) is 40.7 Å². The van der Waals surface area contributed by atoms with Crippen molar-refractivity contribution in [3.8, 4) is 0 Å². The summed E-state index contributed by atoms with van der Waals surface area (Å²) in [5.41, 5.74) is 1.62. The molecule has 3 rings (SSSR count). The van der Waals surface area contributed by atoms with E-state index in [0.717, 1.165) is 29.8 Å². The molecule has 0 saturated carbocycles. The quantitative estimate of drug-likeness (QED) is 0.773. The largest absolute Gasteiger partial charge is 0.341 e. The number of hydrogen-bond donors (Lipinski definition) is 2. The van der Waals surface area contributed by atoms with Crippen LogP contribution in [-0.2, 0) is 0 Å². The van der Waals surface area contributed by atoms with Crippen molar-refractivity contribution < 1.29 is 4.39 Å². The van der Waals surface area contributed by atoms with Crippen LogP contribution in [0, 0.1) is 5.82 Å². The summed E-state index contributed by atoms with van der Waals surface area (Å²) in [6.45, 7) is 1.04. The Kier molecular flexibility index (Phi) is 2.36. The highest BCUT2D eigenvalue weighted by molar-refractivity contribution is 5.75. The van der Waals surface area contributed by atoms with Crippen LogP contribution in [0.5, 0.6) is 0 Å². The van der Waals surface area contributed by atoms with Gasteiger partial charge in [-0.1, -0.05) is 6.42 Å². The van der Waals surface area contributed by atoms with Gasteiger partial charge in [-0.15, -0.1) is 0 Å². The number of rotatable bonds is 1. The van der Waals surface area contributed by atoms with Crippen LogP contribution in [0.2, 0.25) is 0 Å². The number of piperidine rings is 1. The number of fused-ring (bicyclic) bond motifs is 1. The zero-order valence-electron chi connectivity index (χ0n) is 8.96. The van der Waals surface area contributed by atoms with E-state index in [1.807, 2.05) is 0 Å². The number of imidazole rings is 1. The average molecular weight is 219 g/mol. The van der Waals surface area contributed by atoms with Gasteiger partial charge in [0, 0.05) is 0 Å². The van der Waals surface area contributed by atoms with Crippen LogP contribution < -0.4 is 5.32 Å². The van der Waals surface area contributed by atoms with Crippen LogP contribution in [0.3, 0.4) is 0 Å². The lowest BCUT2D eigenvalue weighted by Crippen LogP contribution is -2.27. The molecule has 2 aromatic rings. The van der Waals surface area contributed by atoms with Crippen molar-refractivity contribution in [1.82, 2.24) is 15.3 Å². The lowest BCUT2D eigenvalue weighted by atomic mass is 10.0. The van der Waals surface area contributed by atoms with Gasteiger partial charge in [-0.2, -0.15) is 0 Å². The second kappa shape index (κ2) is 3.87. The highest BCUT2D eigenvalue weighted by Gasteiger charge is 2.17. The Labute approximate surface area is 93.1 Å². The van der Waals surface area contributed by atoms with Crippen LogP contribution in [0.15, 0.2) is 18.2 Å². The first-order chi connectivity index (χ1) is 7.83. The monoisotopic (exact) mass is 219 g/mol. The summed E-state index contributed by atoms with van der Waals surface area (Å²) in [7, 11) is 0. The van der Waals surface area contributed by atoms with E-state index in [1.54, 1.807) is 6.07 Å². The molecular weight excluding hydrogens is 205 g/mol. The van der Waals surface area contributed by atoms with Crippen molar-refractivity contribution in [3.63, 3.8) is 0 Å². The minimum atomic E-state index is -0.223. The van der Waals surface area contributed by atoms with E-state index in [9.17, 15) is 4.39 Å². The molecule has 2 heterocycles. The number of nitrogens with one attached hydrogen (secondary N) is 2. The maximum Gasteiger partial charge on any atom is 0.125 e. The molecule has 4 heteroatoms. The fourth-order valence-corrected chi connectivity index (χ4v) is 2.25. The number of benzene rings is 1. The Hall–Kier alpha value is -1.42. The molecule has 3 nitrogen and oxygen atoms in total. The summed E-state index contributed by atoms with van der Waals surface area (Å²) >= 11 is 0. The third kappa shape index (κ3) is 1.69. The molecule has 0 amide bonds. The van der Waals surface area contributed by atoms with E-state index in [4.69, 9.17) is 0 Å². The SMILES string of the molecule is Fc1ccc2nc([C@@H]3CCCCN3)[nH]c2c1. The van der Waals surface area contributed by atoms with E-state index in [1.165, 1.54) is 25.0 Å². The predicted octanol–water partition coefficient (Wildman–Crippen LogP) is 2.52. The molecule has 84 valence electrons. The van der Waals surface area contributed by atoms with Gasteiger partial charge >= 0.3 is 0 Å². The van der Waals surface area contributed by atoms with Crippen LogP contribution in [-0.4, -0.2) is 16.5 Å². The second-order valence-corrected chi connectivity index (χ2v) is 4.29. The average Bonchev–Trinajstić information content (AvgIpc) is 2.73. The maximum atomic E-state index is 13.0. The Morgan fingerprint density at radius 3 is 3.06 bits per heavy atom. The van der Waals surface area contributed by atoms with Crippen molar-refractivity contribution in [1.29, 1.82) is 0 Å². The smallest absolute Gasteiger partial charge is 0.125 e. The summed E-state index contributed by atoms with van der Waals surface area (Å²) in [6.07, 6.45) is 3.55. The van der Waals surface area contributed by atoms with Crippen molar-refractivity contribution in [3.05, 3.63) is 29.8 Å². The highest BCUT2D eigenvalue weighted by atomic mass is 19.1. The van der Waals surface area contributed by atoms with Crippen molar-refractivity contribution in [2.24, 2.45) is 0 Å². The normalized spacial score (nSPS) is 21.4. The molecule has 1 aliphatic rings. The van der Waals surface area contributed by atoms with Crippen molar-refractivity contribution >= 4 is 11.0 Å². The number of aromatic amines is 1. The van der Waals surface area contributed by atoms with Gasteiger partial charge in [0.05, 0.1) is 17.1 Å². The Morgan fingerprint density at radius 2 is 2.25 bits per heavy atom. The number of halogens is 1. The molecule has 1 aromatic carbocycles. The third-order valence-electron chi connectivity index (χ3n) is 3.10. The van der Waals surface area contributed by atoms with Crippen molar-refractivity contribution in [2.75, 3.05) is 6.54 Å². The summed E-state index contributed by atoms with van der Waals surface area (Å²) in [4.78, 5) is 7.69. The van der Waals surface area contributed by atoms with Crippen LogP contribution in [0.25, 0.3) is 11.0 Å². The maximum absolute atomic E-state index is 13.0. The minimum absolute atomic E-state index is 0.223. The molecule has 0 bridgehead atoms. The van der Waals surface area contributed by atoms with E-state index in [2.05, 4.69) is 15.3 Å². The first-order valence-electron chi connectivity index (χ1n) is 5.71.